The minimum absolute atomic E-state index is 0.218. The fourth-order valence-electron chi connectivity index (χ4n) is 0.761. The Morgan fingerprint density at radius 2 is 2.27 bits per heavy atom. The summed E-state index contributed by atoms with van der Waals surface area (Å²) in [5.41, 5.74) is 0.264. The van der Waals surface area contributed by atoms with Crippen LogP contribution in [-0.2, 0) is 0 Å². The van der Waals surface area contributed by atoms with Crippen LogP contribution in [-0.4, -0.2) is 17.5 Å². The first kappa shape index (κ1) is 7.75. The van der Waals surface area contributed by atoms with Gasteiger partial charge < -0.3 is 10.2 Å². The lowest BCUT2D eigenvalue weighted by Crippen LogP contribution is -2.04. The van der Waals surface area contributed by atoms with Crippen molar-refractivity contribution in [2.75, 3.05) is 6.61 Å². The monoisotopic (exact) mass is 151 g/mol. The summed E-state index contributed by atoms with van der Waals surface area (Å²) in [6.07, 6.45) is 0. The van der Waals surface area contributed by atoms with Gasteiger partial charge in [0.1, 0.15) is 6.61 Å². The fourth-order valence-corrected chi connectivity index (χ4v) is 0.761. The lowest BCUT2D eigenvalue weighted by atomic mass is 10.1. The molecule has 0 aliphatic carbocycles. The van der Waals surface area contributed by atoms with Crippen LogP contribution in [0.15, 0.2) is 24.3 Å². The van der Waals surface area contributed by atoms with Crippen LogP contribution >= 0.6 is 0 Å². The van der Waals surface area contributed by atoms with Gasteiger partial charge in [0.15, 0.2) is 5.78 Å². The zero-order chi connectivity index (χ0) is 8.27. The maximum absolute atomic E-state index is 10.8. The third-order valence-electron chi connectivity index (χ3n) is 1.30. The van der Waals surface area contributed by atoms with E-state index in [2.05, 4.69) is 0 Å². The normalized spacial score (nSPS) is 9.55. The highest BCUT2D eigenvalue weighted by atomic mass is 16.3. The average molecular weight is 151 g/mol. The van der Waals surface area contributed by atoms with Gasteiger partial charge >= 0.3 is 0 Å². The van der Waals surface area contributed by atoms with E-state index in [0.29, 0.717) is 0 Å². The number of aliphatic hydroxyl groups excluding tert-OH is 1. The molecule has 0 bridgehead atoms. The maximum Gasteiger partial charge on any atom is 0.188 e. The molecule has 1 rings (SSSR count). The minimum atomic E-state index is -0.552. The second kappa shape index (κ2) is 3.16. The molecule has 0 saturated carbocycles. The number of carbonyl (C=O) groups excluding carboxylic acids is 1. The largest absolute Gasteiger partial charge is 0.872 e. The van der Waals surface area contributed by atoms with Crippen molar-refractivity contribution in [1.29, 1.82) is 0 Å². The Bertz CT molecular complexity index is 268. The van der Waals surface area contributed by atoms with Gasteiger partial charge in [0.25, 0.3) is 0 Å². The highest BCUT2D eigenvalue weighted by Gasteiger charge is 2.00. The lowest BCUT2D eigenvalue weighted by molar-refractivity contribution is -0.268. The second-order valence-corrected chi connectivity index (χ2v) is 2.11. The Morgan fingerprint density at radius 3 is 2.82 bits per heavy atom. The van der Waals surface area contributed by atoms with Crippen molar-refractivity contribution in [3.63, 3.8) is 0 Å². The van der Waals surface area contributed by atoms with E-state index < -0.39 is 12.4 Å². The van der Waals surface area contributed by atoms with Crippen molar-refractivity contribution >= 4 is 5.78 Å². The van der Waals surface area contributed by atoms with E-state index in [9.17, 15) is 9.90 Å². The minimum Gasteiger partial charge on any atom is -0.872 e. The number of aliphatic hydroxyl groups is 1. The fraction of sp³-hybridized carbons (Fsp3) is 0.125. The van der Waals surface area contributed by atoms with E-state index in [4.69, 9.17) is 5.11 Å². The number of benzene rings is 1. The number of hydrogen-bond acceptors (Lipinski definition) is 3. The molecule has 1 aromatic carbocycles. The molecule has 0 radical (unpaired) electrons. The van der Waals surface area contributed by atoms with Gasteiger partial charge in [-0.3, -0.25) is 4.79 Å². The van der Waals surface area contributed by atoms with Gasteiger partial charge in [0.2, 0.25) is 0 Å². The van der Waals surface area contributed by atoms with E-state index in [1.807, 2.05) is 0 Å². The predicted molar refractivity (Wildman–Crippen MR) is 37.3 cm³/mol. The third kappa shape index (κ3) is 1.78. The van der Waals surface area contributed by atoms with Crippen LogP contribution < -0.4 is 5.11 Å². The Hall–Kier alpha value is -1.35. The Morgan fingerprint density at radius 1 is 1.55 bits per heavy atom. The van der Waals surface area contributed by atoms with Crippen LogP contribution in [0.25, 0.3) is 0 Å². The lowest BCUT2D eigenvalue weighted by Gasteiger charge is -2.05. The van der Waals surface area contributed by atoms with E-state index in [-0.39, 0.29) is 11.3 Å². The first-order valence-electron chi connectivity index (χ1n) is 3.15. The van der Waals surface area contributed by atoms with Crippen molar-refractivity contribution in [2.24, 2.45) is 0 Å². The molecule has 0 heterocycles. The third-order valence-corrected chi connectivity index (χ3v) is 1.30. The Kier molecular flexibility index (Phi) is 2.23. The molecule has 0 fully saturated rings. The maximum atomic E-state index is 10.8. The van der Waals surface area contributed by atoms with E-state index in [1.165, 1.54) is 24.3 Å². The van der Waals surface area contributed by atoms with Gasteiger partial charge in [-0.1, -0.05) is 24.3 Å². The standard InChI is InChI=1S/C8H8O3/c9-5-8(11)6-2-1-3-7(10)4-6/h1-4,9-10H,5H2/p-1. The SMILES string of the molecule is O=C(CO)c1cccc([O-])c1. The van der Waals surface area contributed by atoms with Gasteiger partial charge in [-0.25, -0.2) is 0 Å². The molecule has 11 heavy (non-hydrogen) atoms. The summed E-state index contributed by atoms with van der Waals surface area (Å²) in [5, 5.41) is 19.1. The molecule has 3 heteroatoms. The van der Waals surface area contributed by atoms with Crippen LogP contribution in [0, 0.1) is 0 Å². The van der Waals surface area contributed by atoms with E-state index in [1.54, 1.807) is 0 Å². The van der Waals surface area contributed by atoms with Crippen LogP contribution in [0.2, 0.25) is 0 Å². The molecular weight excluding hydrogens is 144 g/mol. The van der Waals surface area contributed by atoms with E-state index >= 15 is 0 Å². The predicted octanol–water partition coefficient (Wildman–Crippen LogP) is -0.0648. The summed E-state index contributed by atoms with van der Waals surface area (Å²) in [7, 11) is 0. The molecule has 0 aliphatic heterocycles. The zero-order valence-electron chi connectivity index (χ0n) is 5.78. The van der Waals surface area contributed by atoms with Crippen molar-refractivity contribution in [3.05, 3.63) is 29.8 Å². The first-order valence-corrected chi connectivity index (χ1v) is 3.15. The van der Waals surface area contributed by atoms with Gasteiger partial charge in [-0.2, -0.15) is 0 Å². The summed E-state index contributed by atoms with van der Waals surface area (Å²) in [5.74, 6) is -0.646. The summed E-state index contributed by atoms with van der Waals surface area (Å²) in [6, 6.07) is 5.55. The average Bonchev–Trinajstić information content (AvgIpc) is 2.03. The second-order valence-electron chi connectivity index (χ2n) is 2.11. The topological polar surface area (TPSA) is 60.4 Å². The number of Topliss-reactive ketones (excluding diaryl/α,β-unsaturated/α-hetero) is 1. The zero-order valence-corrected chi connectivity index (χ0v) is 5.78. The molecular formula is C8H7O3-. The number of rotatable bonds is 2. The quantitative estimate of drug-likeness (QED) is 0.602. The van der Waals surface area contributed by atoms with Crippen LogP contribution in [0.5, 0.6) is 5.75 Å². The highest BCUT2D eigenvalue weighted by molar-refractivity contribution is 5.97. The van der Waals surface area contributed by atoms with Crippen LogP contribution in [0.1, 0.15) is 10.4 Å². The molecule has 0 spiro atoms. The van der Waals surface area contributed by atoms with Gasteiger partial charge in [-0.15, -0.1) is 5.75 Å². The summed E-state index contributed by atoms with van der Waals surface area (Å²) < 4.78 is 0. The molecule has 0 unspecified atom stereocenters. The van der Waals surface area contributed by atoms with Gasteiger partial charge in [-0.05, 0) is 0 Å². The molecule has 1 N–H and O–H groups in total. The molecule has 0 aromatic heterocycles. The number of ketones is 1. The molecule has 58 valence electrons. The summed E-state index contributed by atoms with van der Waals surface area (Å²) in [6.45, 7) is -0.552. The Labute approximate surface area is 63.9 Å². The molecule has 0 amide bonds. The van der Waals surface area contributed by atoms with Crippen molar-refractivity contribution in [3.8, 4) is 5.75 Å². The first-order chi connectivity index (χ1) is 5.24. The van der Waals surface area contributed by atoms with Gasteiger partial charge in [0.05, 0.1) is 0 Å². The van der Waals surface area contributed by atoms with Crippen molar-refractivity contribution < 1.29 is 15.0 Å². The Balaban J connectivity index is 2.96. The van der Waals surface area contributed by atoms with Crippen molar-refractivity contribution in [2.45, 2.75) is 0 Å². The van der Waals surface area contributed by atoms with E-state index in [0.717, 1.165) is 0 Å². The van der Waals surface area contributed by atoms with Crippen LogP contribution in [0.4, 0.5) is 0 Å². The number of hydrogen-bond donors (Lipinski definition) is 1. The van der Waals surface area contributed by atoms with Gasteiger partial charge in [0, 0.05) is 5.56 Å². The molecule has 3 nitrogen and oxygen atoms in total. The molecule has 1 aromatic rings. The molecule has 0 saturated heterocycles. The molecule has 0 atom stereocenters. The highest BCUT2D eigenvalue weighted by Crippen LogP contribution is 2.07. The summed E-state index contributed by atoms with van der Waals surface area (Å²) in [4.78, 5) is 10.8. The smallest absolute Gasteiger partial charge is 0.188 e. The molecule has 0 aliphatic rings. The van der Waals surface area contributed by atoms with Crippen LogP contribution in [0.3, 0.4) is 0 Å². The number of carbonyl (C=O) groups is 1. The summed E-state index contributed by atoms with van der Waals surface area (Å²) >= 11 is 0. The van der Waals surface area contributed by atoms with Crippen molar-refractivity contribution in [1.82, 2.24) is 0 Å².